The van der Waals surface area contributed by atoms with Gasteiger partial charge in [0.1, 0.15) is 22.5 Å². The number of para-hydroxylation sites is 1. The van der Waals surface area contributed by atoms with Crippen molar-refractivity contribution in [3.63, 3.8) is 0 Å². The zero-order chi connectivity index (χ0) is 20.1. The maximum absolute atomic E-state index is 9.36. The van der Waals surface area contributed by atoms with E-state index in [0.29, 0.717) is 16.6 Å². The van der Waals surface area contributed by atoms with Gasteiger partial charge in [-0.05, 0) is 35.4 Å². The number of imidazole rings is 1. The third-order valence-corrected chi connectivity index (χ3v) is 6.70. The Morgan fingerprint density at radius 1 is 1.17 bits per heavy atom. The highest BCUT2D eigenvalue weighted by atomic mass is 32.1. The Morgan fingerprint density at radius 2 is 2.03 bits per heavy atom. The molecular formula is C21H18N8S. The van der Waals surface area contributed by atoms with Crippen molar-refractivity contribution in [3.8, 4) is 17.3 Å². The van der Waals surface area contributed by atoms with Crippen LogP contribution in [0, 0.1) is 11.3 Å². The van der Waals surface area contributed by atoms with E-state index in [9.17, 15) is 5.26 Å². The van der Waals surface area contributed by atoms with Gasteiger partial charge in [0.15, 0.2) is 10.6 Å². The van der Waals surface area contributed by atoms with Crippen LogP contribution < -0.4 is 5.32 Å². The first-order valence-electron chi connectivity index (χ1n) is 10.1. The van der Waals surface area contributed by atoms with Crippen LogP contribution in [-0.4, -0.2) is 35.5 Å². The van der Waals surface area contributed by atoms with Crippen LogP contribution in [0.3, 0.4) is 0 Å². The van der Waals surface area contributed by atoms with Crippen LogP contribution in [0.25, 0.3) is 32.8 Å². The second-order valence-corrected chi connectivity index (χ2v) is 8.69. The van der Waals surface area contributed by atoms with Crippen molar-refractivity contribution in [3.05, 3.63) is 41.4 Å². The Hall–Kier alpha value is -3.51. The molecule has 5 aromatic rings. The van der Waals surface area contributed by atoms with Gasteiger partial charge in [0.25, 0.3) is 0 Å². The van der Waals surface area contributed by atoms with E-state index < -0.39 is 0 Å². The van der Waals surface area contributed by atoms with E-state index in [1.165, 1.54) is 30.6 Å². The number of hydrogen-bond donors (Lipinski definition) is 1. The Morgan fingerprint density at radius 3 is 2.90 bits per heavy atom. The van der Waals surface area contributed by atoms with Crippen LogP contribution in [0.1, 0.15) is 37.0 Å². The van der Waals surface area contributed by atoms with E-state index in [0.717, 1.165) is 45.8 Å². The van der Waals surface area contributed by atoms with Crippen LogP contribution in [0.2, 0.25) is 0 Å². The number of anilines is 1. The quantitative estimate of drug-likeness (QED) is 0.474. The Balaban J connectivity index is 1.60. The van der Waals surface area contributed by atoms with Crippen molar-refractivity contribution in [1.82, 2.24) is 29.4 Å². The summed E-state index contributed by atoms with van der Waals surface area (Å²) in [6, 6.07) is 12.8. The largest absolute Gasteiger partial charge is 0.367 e. The molecule has 8 nitrogen and oxygen atoms in total. The summed E-state index contributed by atoms with van der Waals surface area (Å²) in [4.78, 5) is 6.35. The van der Waals surface area contributed by atoms with E-state index in [1.807, 2.05) is 28.8 Å². The van der Waals surface area contributed by atoms with E-state index >= 15 is 0 Å². The molecular weight excluding hydrogens is 396 g/mol. The average Bonchev–Trinajstić information content (AvgIpc) is 3.50. The number of fused-ring (bicyclic) bond motifs is 4. The summed E-state index contributed by atoms with van der Waals surface area (Å²) >= 11 is 1.39. The van der Waals surface area contributed by atoms with E-state index in [1.54, 1.807) is 4.52 Å². The van der Waals surface area contributed by atoms with Gasteiger partial charge in [-0.1, -0.05) is 48.8 Å². The number of nitrogens with one attached hydrogen (secondary N) is 1. The molecule has 148 valence electrons. The predicted molar refractivity (Wildman–Crippen MR) is 116 cm³/mol. The third-order valence-electron chi connectivity index (χ3n) is 5.81. The highest BCUT2D eigenvalue weighted by molar-refractivity contribution is 7.17. The lowest BCUT2D eigenvalue weighted by Crippen LogP contribution is -2.23. The molecule has 1 aliphatic carbocycles. The van der Waals surface area contributed by atoms with Crippen molar-refractivity contribution in [2.75, 3.05) is 5.32 Å². The molecule has 0 unspecified atom stereocenters. The minimum absolute atomic E-state index is 0.398. The van der Waals surface area contributed by atoms with Gasteiger partial charge >= 0.3 is 0 Å². The average molecular weight is 414 g/mol. The summed E-state index contributed by atoms with van der Waals surface area (Å²) in [5.74, 6) is 0.912. The van der Waals surface area contributed by atoms with Crippen LogP contribution in [0.15, 0.2) is 36.5 Å². The number of benzene rings is 1. The standard InChI is InChI=1S/C21H18N8S/c22-11-15-12-28-20(23-14-7-2-1-3-8-14)18(24-21(28)30-15)16-10-13-6-4-5-9-17(13)29-19(16)25-26-27-29/h4-6,9-10,12,14,23H,1-3,7-8H2. The van der Waals surface area contributed by atoms with Gasteiger partial charge in [0.2, 0.25) is 0 Å². The molecule has 0 radical (unpaired) electrons. The number of rotatable bonds is 3. The maximum atomic E-state index is 9.36. The molecule has 0 saturated heterocycles. The number of nitrogens with zero attached hydrogens (tertiary/aromatic N) is 7. The van der Waals surface area contributed by atoms with Crippen molar-refractivity contribution >= 4 is 38.7 Å². The minimum atomic E-state index is 0.398. The van der Waals surface area contributed by atoms with Gasteiger partial charge in [-0.25, -0.2) is 4.98 Å². The van der Waals surface area contributed by atoms with Crippen molar-refractivity contribution in [1.29, 1.82) is 5.26 Å². The molecule has 4 aromatic heterocycles. The molecule has 1 aromatic carbocycles. The molecule has 0 amide bonds. The summed E-state index contributed by atoms with van der Waals surface area (Å²) in [6.45, 7) is 0. The zero-order valence-corrected chi connectivity index (χ0v) is 16.9. The third kappa shape index (κ3) is 2.64. The normalized spacial score (nSPS) is 15.2. The topological polar surface area (TPSA) is 96.2 Å². The number of nitriles is 1. The van der Waals surface area contributed by atoms with Gasteiger partial charge in [-0.15, -0.1) is 5.10 Å². The number of thiazole rings is 1. The highest BCUT2D eigenvalue weighted by Gasteiger charge is 2.24. The first kappa shape index (κ1) is 17.4. The van der Waals surface area contributed by atoms with Crippen molar-refractivity contribution in [2.45, 2.75) is 38.1 Å². The lowest BCUT2D eigenvalue weighted by atomic mass is 9.95. The van der Waals surface area contributed by atoms with Crippen LogP contribution >= 0.6 is 11.3 Å². The van der Waals surface area contributed by atoms with Gasteiger partial charge in [0.05, 0.1) is 11.1 Å². The summed E-state index contributed by atoms with van der Waals surface area (Å²) in [5, 5.41) is 26.6. The zero-order valence-electron chi connectivity index (χ0n) is 16.1. The SMILES string of the molecule is N#Cc1cn2c(NC3CCCCC3)c(-c3cc4ccccc4n4nnnc34)nc2s1. The van der Waals surface area contributed by atoms with Crippen LogP contribution in [0.5, 0.6) is 0 Å². The molecule has 1 fully saturated rings. The summed E-state index contributed by atoms with van der Waals surface area (Å²) in [6.07, 6.45) is 7.90. The van der Waals surface area contributed by atoms with Crippen molar-refractivity contribution < 1.29 is 0 Å². The van der Waals surface area contributed by atoms with E-state index in [2.05, 4.69) is 39.0 Å². The summed E-state index contributed by atoms with van der Waals surface area (Å²) in [5.41, 5.74) is 3.33. The second-order valence-electron chi connectivity index (χ2n) is 7.68. The smallest absolute Gasteiger partial charge is 0.197 e. The lowest BCUT2D eigenvalue weighted by molar-refractivity contribution is 0.462. The maximum Gasteiger partial charge on any atom is 0.197 e. The summed E-state index contributed by atoms with van der Waals surface area (Å²) < 4.78 is 3.77. The van der Waals surface area contributed by atoms with Crippen molar-refractivity contribution in [2.24, 2.45) is 0 Å². The Labute approximate surface area is 175 Å². The fourth-order valence-electron chi connectivity index (χ4n) is 4.38. The summed E-state index contributed by atoms with van der Waals surface area (Å²) in [7, 11) is 0. The van der Waals surface area contributed by atoms with Gasteiger partial charge < -0.3 is 5.32 Å². The molecule has 0 bridgehead atoms. The fourth-order valence-corrected chi connectivity index (χ4v) is 5.16. The van der Waals surface area contributed by atoms with E-state index in [-0.39, 0.29) is 0 Å². The minimum Gasteiger partial charge on any atom is -0.367 e. The first-order chi connectivity index (χ1) is 14.8. The van der Waals surface area contributed by atoms with Gasteiger partial charge in [-0.3, -0.25) is 4.40 Å². The molecule has 30 heavy (non-hydrogen) atoms. The molecule has 6 rings (SSSR count). The lowest BCUT2D eigenvalue weighted by Gasteiger charge is -2.24. The fraction of sp³-hybridized carbons (Fsp3) is 0.286. The number of pyridine rings is 1. The molecule has 0 atom stereocenters. The molecule has 0 aliphatic heterocycles. The second kappa shape index (κ2) is 6.78. The number of aromatic nitrogens is 6. The van der Waals surface area contributed by atoms with Gasteiger partial charge in [0, 0.05) is 17.6 Å². The van der Waals surface area contributed by atoms with E-state index in [4.69, 9.17) is 4.98 Å². The number of hydrogen-bond acceptors (Lipinski definition) is 7. The highest BCUT2D eigenvalue weighted by Crippen LogP contribution is 2.36. The Kier molecular flexibility index (Phi) is 3.92. The Bertz CT molecular complexity index is 1430. The van der Waals surface area contributed by atoms with Crippen LogP contribution in [0.4, 0.5) is 5.82 Å². The van der Waals surface area contributed by atoms with Crippen LogP contribution in [-0.2, 0) is 0 Å². The molecule has 4 heterocycles. The molecule has 0 spiro atoms. The molecule has 1 aliphatic rings. The monoisotopic (exact) mass is 414 g/mol. The predicted octanol–water partition coefficient (Wildman–Crippen LogP) is 4.27. The molecule has 9 heteroatoms. The first-order valence-corrected chi connectivity index (χ1v) is 10.9. The number of tetrazole rings is 1. The molecule has 1 saturated carbocycles. The molecule has 1 N–H and O–H groups in total. The van der Waals surface area contributed by atoms with Gasteiger partial charge in [-0.2, -0.15) is 9.78 Å².